The molecule has 0 heterocycles. The van der Waals surface area contributed by atoms with E-state index in [1.54, 1.807) is 18.2 Å². The number of sulfonamides is 1. The molecule has 0 unspecified atom stereocenters. The number of hydrogen-bond donors (Lipinski definition) is 0. The Hall–Kier alpha value is -1.92. The van der Waals surface area contributed by atoms with Crippen LogP contribution in [0.1, 0.15) is 0 Å². The van der Waals surface area contributed by atoms with Crippen LogP contribution in [0, 0.1) is 0 Å². The Morgan fingerprint density at radius 3 is 2.09 bits per heavy atom. The fraction of sp³-hybridized carbons (Fsp3) is 0.200. The van der Waals surface area contributed by atoms with E-state index in [2.05, 4.69) is 0 Å². The Kier molecular flexibility index (Phi) is 4.83. The lowest BCUT2D eigenvalue weighted by Gasteiger charge is -2.20. The van der Waals surface area contributed by atoms with E-state index in [-0.39, 0.29) is 4.90 Å². The molecule has 0 radical (unpaired) electrons. The molecule has 2 aromatic rings. The second-order valence-electron chi connectivity index (χ2n) is 4.47. The Morgan fingerprint density at radius 2 is 1.55 bits per heavy atom. The Balaban J connectivity index is 2.42. The molecule has 0 saturated carbocycles. The number of methoxy groups -OCH3 is 2. The summed E-state index contributed by atoms with van der Waals surface area (Å²) in [5, 5.41) is 0.479. The standard InChI is InChI=1S/C15H16ClNO4S/c1-17(12-6-9-14(20-2)15(10-12)21-3)22(18,19)13-7-4-11(16)5-8-13/h4-10H,1-3H3. The number of hydrogen-bond acceptors (Lipinski definition) is 4. The number of benzene rings is 2. The lowest BCUT2D eigenvalue weighted by Crippen LogP contribution is -2.26. The van der Waals surface area contributed by atoms with Crippen LogP contribution in [0.25, 0.3) is 0 Å². The van der Waals surface area contributed by atoms with Crippen molar-refractivity contribution in [3.05, 3.63) is 47.5 Å². The topological polar surface area (TPSA) is 55.8 Å². The van der Waals surface area contributed by atoms with E-state index in [9.17, 15) is 8.42 Å². The van der Waals surface area contributed by atoms with Crippen LogP contribution in [0.15, 0.2) is 47.4 Å². The van der Waals surface area contributed by atoms with Crippen LogP contribution in [0.3, 0.4) is 0 Å². The molecule has 118 valence electrons. The van der Waals surface area contributed by atoms with Crippen molar-refractivity contribution >= 4 is 27.3 Å². The van der Waals surface area contributed by atoms with E-state index in [4.69, 9.17) is 21.1 Å². The molecule has 0 aromatic heterocycles. The first kappa shape index (κ1) is 16.5. The van der Waals surface area contributed by atoms with E-state index in [0.717, 1.165) is 0 Å². The van der Waals surface area contributed by atoms with Gasteiger partial charge in [0.1, 0.15) is 0 Å². The first-order valence-corrected chi connectivity index (χ1v) is 8.18. The van der Waals surface area contributed by atoms with Crippen molar-refractivity contribution in [2.75, 3.05) is 25.6 Å². The first-order chi connectivity index (χ1) is 10.4. The SMILES string of the molecule is COc1ccc(N(C)S(=O)(=O)c2ccc(Cl)cc2)cc1OC. The summed E-state index contributed by atoms with van der Waals surface area (Å²) in [6.07, 6.45) is 0. The molecule has 0 saturated heterocycles. The number of halogens is 1. The number of nitrogens with zero attached hydrogens (tertiary/aromatic N) is 1. The van der Waals surface area contributed by atoms with Crippen molar-refractivity contribution in [2.45, 2.75) is 4.90 Å². The van der Waals surface area contributed by atoms with Crippen LogP contribution >= 0.6 is 11.6 Å². The summed E-state index contributed by atoms with van der Waals surface area (Å²) in [6.45, 7) is 0. The molecule has 0 N–H and O–H groups in total. The normalized spacial score (nSPS) is 11.1. The highest BCUT2D eigenvalue weighted by atomic mass is 35.5. The third-order valence-electron chi connectivity index (χ3n) is 3.20. The van der Waals surface area contributed by atoms with Gasteiger partial charge in [-0.1, -0.05) is 11.6 Å². The third-order valence-corrected chi connectivity index (χ3v) is 5.25. The molecule has 0 aliphatic rings. The maximum Gasteiger partial charge on any atom is 0.264 e. The van der Waals surface area contributed by atoms with Crippen LogP contribution in [0.5, 0.6) is 11.5 Å². The molecule has 0 amide bonds. The van der Waals surface area contributed by atoms with Crippen LogP contribution < -0.4 is 13.8 Å². The van der Waals surface area contributed by atoms with Crippen LogP contribution in [0.4, 0.5) is 5.69 Å². The Labute approximate surface area is 135 Å². The Bertz CT molecular complexity index is 760. The van der Waals surface area contributed by atoms with Crippen LogP contribution in [-0.2, 0) is 10.0 Å². The van der Waals surface area contributed by atoms with E-state index >= 15 is 0 Å². The van der Waals surface area contributed by atoms with Gasteiger partial charge in [0.05, 0.1) is 24.8 Å². The lowest BCUT2D eigenvalue weighted by atomic mass is 10.3. The smallest absolute Gasteiger partial charge is 0.264 e. The summed E-state index contributed by atoms with van der Waals surface area (Å²) >= 11 is 5.79. The highest BCUT2D eigenvalue weighted by molar-refractivity contribution is 7.92. The lowest BCUT2D eigenvalue weighted by molar-refractivity contribution is 0.355. The van der Waals surface area contributed by atoms with Crippen molar-refractivity contribution in [3.8, 4) is 11.5 Å². The largest absolute Gasteiger partial charge is 0.493 e. The van der Waals surface area contributed by atoms with Gasteiger partial charge in [0.25, 0.3) is 10.0 Å². The fourth-order valence-electron chi connectivity index (χ4n) is 1.92. The second-order valence-corrected chi connectivity index (χ2v) is 6.87. The average Bonchev–Trinajstić information content (AvgIpc) is 2.53. The van der Waals surface area contributed by atoms with Gasteiger partial charge in [-0.2, -0.15) is 0 Å². The van der Waals surface area contributed by atoms with Gasteiger partial charge in [0.15, 0.2) is 11.5 Å². The molecule has 2 rings (SSSR count). The van der Waals surface area contributed by atoms with E-state index in [1.165, 1.54) is 49.8 Å². The summed E-state index contributed by atoms with van der Waals surface area (Å²) in [7, 11) is 0.817. The van der Waals surface area contributed by atoms with Gasteiger partial charge in [0.2, 0.25) is 0 Å². The predicted molar refractivity (Wildman–Crippen MR) is 86.6 cm³/mol. The third kappa shape index (κ3) is 3.13. The van der Waals surface area contributed by atoms with Crippen LogP contribution in [0.2, 0.25) is 5.02 Å². The summed E-state index contributed by atoms with van der Waals surface area (Å²) in [6, 6.07) is 10.9. The average molecular weight is 342 g/mol. The fourth-order valence-corrected chi connectivity index (χ4v) is 3.24. The first-order valence-electron chi connectivity index (χ1n) is 6.36. The van der Waals surface area contributed by atoms with Crippen molar-refractivity contribution < 1.29 is 17.9 Å². The summed E-state index contributed by atoms with van der Waals surface area (Å²) < 4.78 is 36.7. The summed E-state index contributed by atoms with van der Waals surface area (Å²) in [5.74, 6) is 0.988. The molecule has 22 heavy (non-hydrogen) atoms. The molecule has 0 spiro atoms. The minimum Gasteiger partial charge on any atom is -0.493 e. The molecule has 5 nitrogen and oxygen atoms in total. The zero-order chi connectivity index (χ0) is 16.3. The highest BCUT2D eigenvalue weighted by Crippen LogP contribution is 2.33. The van der Waals surface area contributed by atoms with Gasteiger partial charge in [-0.15, -0.1) is 0 Å². The molecule has 0 fully saturated rings. The molecular formula is C15H16ClNO4S. The van der Waals surface area contributed by atoms with Gasteiger partial charge in [-0.25, -0.2) is 8.42 Å². The minimum atomic E-state index is -3.68. The summed E-state index contributed by atoms with van der Waals surface area (Å²) in [5.41, 5.74) is 0.465. The molecule has 0 bridgehead atoms. The number of rotatable bonds is 5. The zero-order valence-electron chi connectivity index (χ0n) is 12.4. The zero-order valence-corrected chi connectivity index (χ0v) is 14.0. The van der Waals surface area contributed by atoms with Gasteiger partial charge in [0, 0.05) is 18.1 Å². The van der Waals surface area contributed by atoms with Crippen molar-refractivity contribution in [2.24, 2.45) is 0 Å². The molecule has 2 aromatic carbocycles. The molecule has 7 heteroatoms. The number of ether oxygens (including phenoxy) is 2. The highest BCUT2D eigenvalue weighted by Gasteiger charge is 2.22. The van der Waals surface area contributed by atoms with E-state index in [0.29, 0.717) is 22.2 Å². The monoisotopic (exact) mass is 341 g/mol. The van der Waals surface area contributed by atoms with Crippen molar-refractivity contribution in [3.63, 3.8) is 0 Å². The van der Waals surface area contributed by atoms with Gasteiger partial charge >= 0.3 is 0 Å². The molecule has 0 aliphatic heterocycles. The van der Waals surface area contributed by atoms with Crippen molar-refractivity contribution in [1.29, 1.82) is 0 Å². The van der Waals surface area contributed by atoms with E-state index in [1.807, 2.05) is 0 Å². The van der Waals surface area contributed by atoms with Crippen LogP contribution in [-0.4, -0.2) is 29.7 Å². The minimum absolute atomic E-state index is 0.161. The van der Waals surface area contributed by atoms with E-state index < -0.39 is 10.0 Å². The molecule has 0 aliphatic carbocycles. The molecule has 0 atom stereocenters. The summed E-state index contributed by atoms with van der Waals surface area (Å²) in [4.78, 5) is 0.161. The number of anilines is 1. The second kappa shape index (κ2) is 6.46. The quantitative estimate of drug-likeness (QED) is 0.838. The molecular weight excluding hydrogens is 326 g/mol. The predicted octanol–water partition coefficient (Wildman–Crippen LogP) is 3.18. The maximum atomic E-state index is 12.6. The van der Waals surface area contributed by atoms with Crippen molar-refractivity contribution in [1.82, 2.24) is 0 Å². The van der Waals surface area contributed by atoms with Gasteiger partial charge in [-0.3, -0.25) is 4.31 Å². The van der Waals surface area contributed by atoms with Gasteiger partial charge in [-0.05, 0) is 36.4 Å². The maximum absolute atomic E-state index is 12.6. The van der Waals surface area contributed by atoms with Gasteiger partial charge < -0.3 is 9.47 Å². The Morgan fingerprint density at radius 1 is 0.955 bits per heavy atom.